The van der Waals surface area contributed by atoms with Crippen molar-refractivity contribution in [3.63, 3.8) is 0 Å². The van der Waals surface area contributed by atoms with Crippen LogP contribution in [0.15, 0.2) is 6.33 Å². The molecule has 1 N–H and O–H groups in total. The predicted octanol–water partition coefficient (Wildman–Crippen LogP) is 1.45. The van der Waals surface area contributed by atoms with Crippen LogP contribution in [0.1, 0.15) is 19.8 Å². The lowest BCUT2D eigenvalue weighted by atomic mass is 10.2. The number of anilines is 2. The molecule has 1 fully saturated rings. The molecule has 0 aromatic carbocycles. The van der Waals surface area contributed by atoms with E-state index in [1.54, 1.807) is 13.4 Å². The van der Waals surface area contributed by atoms with Gasteiger partial charge in [-0.1, -0.05) is 0 Å². The summed E-state index contributed by atoms with van der Waals surface area (Å²) < 4.78 is 5.55. The van der Waals surface area contributed by atoms with Gasteiger partial charge < -0.3 is 19.9 Å². The number of nitrogens with one attached hydrogen (secondary N) is 1. The third kappa shape index (κ3) is 3.12. The van der Waals surface area contributed by atoms with Crippen molar-refractivity contribution < 1.29 is 4.74 Å². The number of aromatic nitrogens is 2. The maximum atomic E-state index is 5.55. The van der Waals surface area contributed by atoms with Crippen LogP contribution in [0.3, 0.4) is 0 Å². The minimum Gasteiger partial charge on any atom is -0.490 e. The van der Waals surface area contributed by atoms with E-state index in [2.05, 4.69) is 39.2 Å². The van der Waals surface area contributed by atoms with Crippen LogP contribution in [0, 0.1) is 0 Å². The molecule has 0 aliphatic carbocycles. The first-order chi connectivity index (χ1) is 9.67. The van der Waals surface area contributed by atoms with Gasteiger partial charge in [0.25, 0.3) is 0 Å². The first-order valence-corrected chi connectivity index (χ1v) is 7.21. The Bertz CT molecular complexity index is 438. The van der Waals surface area contributed by atoms with E-state index in [0.29, 0.717) is 6.04 Å². The Morgan fingerprint density at radius 2 is 2.25 bits per heavy atom. The fourth-order valence-electron chi connectivity index (χ4n) is 2.78. The third-order valence-electron chi connectivity index (χ3n) is 3.56. The van der Waals surface area contributed by atoms with E-state index in [-0.39, 0.29) is 0 Å². The highest BCUT2D eigenvalue weighted by atomic mass is 16.5. The summed E-state index contributed by atoms with van der Waals surface area (Å²) in [6.07, 6.45) is 4.00. The lowest BCUT2D eigenvalue weighted by Gasteiger charge is -2.29. The van der Waals surface area contributed by atoms with Crippen molar-refractivity contribution in [2.45, 2.75) is 25.8 Å². The van der Waals surface area contributed by atoms with Crippen molar-refractivity contribution in [2.75, 3.05) is 51.1 Å². The molecule has 1 aromatic rings. The molecule has 1 unspecified atom stereocenters. The van der Waals surface area contributed by atoms with E-state index in [4.69, 9.17) is 4.74 Å². The molecule has 1 aromatic heterocycles. The van der Waals surface area contributed by atoms with Gasteiger partial charge in [-0.05, 0) is 33.9 Å². The van der Waals surface area contributed by atoms with Crippen molar-refractivity contribution in [3.05, 3.63) is 6.33 Å². The quantitative estimate of drug-likeness (QED) is 0.850. The Labute approximate surface area is 121 Å². The standard InChI is InChI=1S/C14H25N5O/c1-5-15-13-12(20-4)14(17-10-16-13)19-8-6-7-11(19)9-18(2)3/h10-11H,5-9H2,1-4H3,(H,15,16,17). The second kappa shape index (κ2) is 6.74. The average molecular weight is 279 g/mol. The molecule has 0 amide bonds. The number of hydrogen-bond acceptors (Lipinski definition) is 6. The molecular formula is C14H25N5O. The molecule has 0 saturated carbocycles. The number of hydrogen-bond donors (Lipinski definition) is 1. The third-order valence-corrected chi connectivity index (χ3v) is 3.56. The molecule has 0 radical (unpaired) electrons. The molecule has 1 atom stereocenters. The monoisotopic (exact) mass is 279 g/mol. The minimum absolute atomic E-state index is 0.489. The fraction of sp³-hybridized carbons (Fsp3) is 0.714. The van der Waals surface area contributed by atoms with Crippen molar-refractivity contribution in [1.82, 2.24) is 14.9 Å². The van der Waals surface area contributed by atoms with E-state index in [1.165, 1.54) is 12.8 Å². The molecule has 6 nitrogen and oxygen atoms in total. The second-order valence-electron chi connectivity index (χ2n) is 5.36. The van der Waals surface area contributed by atoms with Gasteiger partial charge in [0.05, 0.1) is 7.11 Å². The smallest absolute Gasteiger partial charge is 0.204 e. The first-order valence-electron chi connectivity index (χ1n) is 7.21. The summed E-state index contributed by atoms with van der Waals surface area (Å²) in [4.78, 5) is 13.3. The molecule has 2 rings (SSSR count). The summed E-state index contributed by atoms with van der Waals surface area (Å²) in [5.74, 6) is 2.43. The van der Waals surface area contributed by atoms with Crippen molar-refractivity contribution in [3.8, 4) is 5.75 Å². The summed E-state index contributed by atoms with van der Waals surface area (Å²) in [6.45, 7) is 4.92. The molecule has 6 heteroatoms. The lowest BCUT2D eigenvalue weighted by molar-refractivity contribution is 0.368. The van der Waals surface area contributed by atoms with E-state index in [0.717, 1.165) is 37.0 Å². The summed E-state index contributed by atoms with van der Waals surface area (Å²) >= 11 is 0. The van der Waals surface area contributed by atoms with Gasteiger partial charge >= 0.3 is 0 Å². The van der Waals surface area contributed by atoms with Crippen LogP contribution in [0.2, 0.25) is 0 Å². The zero-order valence-corrected chi connectivity index (χ0v) is 12.9. The molecule has 112 valence electrons. The highest BCUT2D eigenvalue weighted by Gasteiger charge is 2.29. The molecular weight excluding hydrogens is 254 g/mol. The molecule has 2 heterocycles. The van der Waals surface area contributed by atoms with Gasteiger partial charge in [-0.3, -0.25) is 0 Å². The van der Waals surface area contributed by atoms with Crippen LogP contribution in [-0.4, -0.2) is 61.7 Å². The normalized spacial score (nSPS) is 18.6. The van der Waals surface area contributed by atoms with Crippen LogP contribution in [-0.2, 0) is 0 Å². The SMILES string of the molecule is CCNc1ncnc(N2CCCC2CN(C)C)c1OC. The molecule has 1 aliphatic rings. The van der Waals surface area contributed by atoms with Crippen LogP contribution < -0.4 is 15.0 Å². The van der Waals surface area contributed by atoms with Gasteiger partial charge in [-0.2, -0.15) is 0 Å². The van der Waals surface area contributed by atoms with E-state index in [9.17, 15) is 0 Å². The molecule has 1 aliphatic heterocycles. The van der Waals surface area contributed by atoms with E-state index in [1.807, 2.05) is 6.92 Å². The maximum Gasteiger partial charge on any atom is 0.204 e. The van der Waals surface area contributed by atoms with Crippen LogP contribution >= 0.6 is 0 Å². The Balaban J connectivity index is 2.28. The molecule has 20 heavy (non-hydrogen) atoms. The number of nitrogens with zero attached hydrogens (tertiary/aromatic N) is 4. The zero-order chi connectivity index (χ0) is 14.5. The Morgan fingerprint density at radius 1 is 1.45 bits per heavy atom. The molecule has 0 spiro atoms. The fourth-order valence-corrected chi connectivity index (χ4v) is 2.78. The van der Waals surface area contributed by atoms with Gasteiger partial charge in [0.1, 0.15) is 6.33 Å². The van der Waals surface area contributed by atoms with Gasteiger partial charge in [-0.25, -0.2) is 9.97 Å². The van der Waals surface area contributed by atoms with E-state index >= 15 is 0 Å². The van der Waals surface area contributed by atoms with Gasteiger partial charge in [-0.15, -0.1) is 0 Å². The predicted molar refractivity (Wildman–Crippen MR) is 81.7 cm³/mol. The van der Waals surface area contributed by atoms with E-state index < -0.39 is 0 Å². The van der Waals surface area contributed by atoms with Gasteiger partial charge in [0.2, 0.25) is 5.75 Å². The average Bonchev–Trinajstić information content (AvgIpc) is 2.86. The maximum absolute atomic E-state index is 5.55. The summed E-state index contributed by atoms with van der Waals surface area (Å²) in [5, 5.41) is 3.23. The highest BCUT2D eigenvalue weighted by Crippen LogP contribution is 2.35. The van der Waals surface area contributed by atoms with Gasteiger partial charge in [0, 0.05) is 25.7 Å². The second-order valence-corrected chi connectivity index (χ2v) is 5.36. The largest absolute Gasteiger partial charge is 0.490 e. The summed E-state index contributed by atoms with van der Waals surface area (Å²) in [7, 11) is 5.90. The van der Waals surface area contributed by atoms with Crippen molar-refractivity contribution in [1.29, 1.82) is 0 Å². The number of methoxy groups -OCH3 is 1. The van der Waals surface area contributed by atoms with Crippen molar-refractivity contribution >= 4 is 11.6 Å². The Morgan fingerprint density at radius 3 is 2.90 bits per heavy atom. The molecule has 0 bridgehead atoms. The topological polar surface area (TPSA) is 53.5 Å². The Kier molecular flexibility index (Phi) is 5.00. The lowest BCUT2D eigenvalue weighted by Crippen LogP contribution is -2.38. The minimum atomic E-state index is 0.489. The van der Waals surface area contributed by atoms with Crippen LogP contribution in [0.5, 0.6) is 5.75 Å². The number of likely N-dealkylation sites (N-methyl/N-ethyl adjacent to an activating group) is 1. The zero-order valence-electron chi connectivity index (χ0n) is 12.9. The summed E-state index contributed by atoms with van der Waals surface area (Å²) in [6, 6.07) is 0.489. The first kappa shape index (κ1) is 14.8. The van der Waals surface area contributed by atoms with Crippen LogP contribution in [0.25, 0.3) is 0 Å². The summed E-state index contributed by atoms with van der Waals surface area (Å²) in [5.41, 5.74) is 0. The Hall–Kier alpha value is -1.56. The highest BCUT2D eigenvalue weighted by molar-refractivity contribution is 5.65. The number of ether oxygens (including phenoxy) is 1. The van der Waals surface area contributed by atoms with Crippen molar-refractivity contribution in [2.24, 2.45) is 0 Å². The molecule has 1 saturated heterocycles. The number of rotatable bonds is 6. The van der Waals surface area contributed by atoms with Crippen LogP contribution in [0.4, 0.5) is 11.6 Å². The van der Waals surface area contributed by atoms with Gasteiger partial charge in [0.15, 0.2) is 11.6 Å².